The van der Waals surface area contributed by atoms with Crippen molar-refractivity contribution in [2.75, 3.05) is 0 Å². The monoisotopic (exact) mass is 309 g/mol. The first-order valence-electron chi connectivity index (χ1n) is 5.45. The van der Waals surface area contributed by atoms with Gasteiger partial charge in [-0.15, -0.1) is 0 Å². The number of hydrogen-bond acceptors (Lipinski definition) is 3. The van der Waals surface area contributed by atoms with Gasteiger partial charge in [0.15, 0.2) is 0 Å². The highest BCUT2D eigenvalue weighted by Gasteiger charge is 2.18. The van der Waals surface area contributed by atoms with Crippen molar-refractivity contribution in [3.63, 3.8) is 0 Å². The average Bonchev–Trinajstić information content (AvgIpc) is 2.34. The lowest BCUT2D eigenvalue weighted by Gasteiger charge is -2.19. The number of halogens is 2. The second kappa shape index (κ2) is 5.56. The van der Waals surface area contributed by atoms with E-state index in [9.17, 15) is 4.39 Å². The molecule has 5 heteroatoms. The fourth-order valence-electron chi connectivity index (χ4n) is 1.93. The van der Waals surface area contributed by atoms with E-state index < -0.39 is 0 Å². The van der Waals surface area contributed by atoms with Crippen LogP contribution in [-0.4, -0.2) is 4.98 Å². The number of nitrogens with one attached hydrogen (secondary N) is 1. The van der Waals surface area contributed by atoms with Gasteiger partial charge in [0, 0.05) is 16.2 Å². The summed E-state index contributed by atoms with van der Waals surface area (Å²) in [7, 11) is 0. The molecule has 2 aromatic rings. The van der Waals surface area contributed by atoms with Gasteiger partial charge in [-0.3, -0.25) is 10.8 Å². The predicted octanol–water partition coefficient (Wildman–Crippen LogP) is 2.84. The van der Waals surface area contributed by atoms with E-state index in [1.165, 1.54) is 6.20 Å². The van der Waals surface area contributed by atoms with Gasteiger partial charge in [-0.05, 0) is 36.2 Å². The van der Waals surface area contributed by atoms with Gasteiger partial charge in [0.25, 0.3) is 0 Å². The minimum Gasteiger partial charge on any atom is -0.271 e. The lowest BCUT2D eigenvalue weighted by molar-refractivity contribution is 0.554. The molecule has 18 heavy (non-hydrogen) atoms. The number of aryl methyl sites for hydroxylation is 1. The molecule has 0 radical (unpaired) electrons. The molecule has 94 valence electrons. The van der Waals surface area contributed by atoms with Crippen molar-refractivity contribution in [3.05, 3.63) is 63.6 Å². The number of benzene rings is 1. The molecular weight excluding hydrogens is 297 g/mol. The maximum Gasteiger partial charge on any atom is 0.146 e. The highest BCUT2D eigenvalue weighted by Crippen LogP contribution is 2.27. The lowest BCUT2D eigenvalue weighted by Crippen LogP contribution is -2.30. The van der Waals surface area contributed by atoms with Crippen LogP contribution in [0.2, 0.25) is 0 Å². The Morgan fingerprint density at radius 2 is 2.11 bits per heavy atom. The SMILES string of the molecule is Cc1cc(Br)ccc1C(NN)c1ccncc1F. The van der Waals surface area contributed by atoms with Gasteiger partial charge in [-0.1, -0.05) is 22.0 Å². The Balaban J connectivity index is 2.49. The molecular formula is C13H13BrFN3. The van der Waals surface area contributed by atoms with Crippen LogP contribution < -0.4 is 11.3 Å². The van der Waals surface area contributed by atoms with Crippen LogP contribution in [0.1, 0.15) is 22.7 Å². The molecule has 1 aromatic heterocycles. The number of hydrazine groups is 1. The minimum atomic E-state index is -0.388. The van der Waals surface area contributed by atoms with Gasteiger partial charge in [0.1, 0.15) is 5.82 Å². The molecule has 0 aliphatic rings. The number of pyridine rings is 1. The van der Waals surface area contributed by atoms with E-state index in [-0.39, 0.29) is 11.9 Å². The molecule has 0 fully saturated rings. The first-order chi connectivity index (χ1) is 8.63. The third-order valence-corrected chi connectivity index (χ3v) is 3.32. The molecule has 1 unspecified atom stereocenters. The maximum absolute atomic E-state index is 13.8. The quantitative estimate of drug-likeness (QED) is 0.677. The second-order valence-corrected chi connectivity index (χ2v) is 4.91. The first kappa shape index (κ1) is 13.1. The lowest BCUT2D eigenvalue weighted by atomic mass is 9.96. The van der Waals surface area contributed by atoms with Gasteiger partial charge in [0.2, 0.25) is 0 Å². The van der Waals surface area contributed by atoms with Gasteiger partial charge in [-0.25, -0.2) is 9.82 Å². The summed E-state index contributed by atoms with van der Waals surface area (Å²) in [6, 6.07) is 7.04. The summed E-state index contributed by atoms with van der Waals surface area (Å²) in [6.07, 6.45) is 2.74. The molecule has 1 aromatic carbocycles. The van der Waals surface area contributed by atoms with Crippen LogP contribution in [0.25, 0.3) is 0 Å². The van der Waals surface area contributed by atoms with E-state index in [4.69, 9.17) is 5.84 Å². The van der Waals surface area contributed by atoms with E-state index >= 15 is 0 Å². The van der Waals surface area contributed by atoms with Crippen LogP contribution in [0, 0.1) is 12.7 Å². The minimum absolute atomic E-state index is 0.372. The standard InChI is InChI=1S/C13H13BrFN3/c1-8-6-9(14)2-3-10(8)13(18-16)11-4-5-17-7-12(11)15/h2-7,13,18H,16H2,1H3. The number of hydrogen-bond donors (Lipinski definition) is 2. The van der Waals surface area contributed by atoms with E-state index in [0.717, 1.165) is 15.6 Å². The Kier molecular flexibility index (Phi) is 4.06. The van der Waals surface area contributed by atoms with Gasteiger partial charge >= 0.3 is 0 Å². The summed E-state index contributed by atoms with van der Waals surface area (Å²) < 4.78 is 14.7. The third kappa shape index (κ3) is 2.58. The zero-order valence-corrected chi connectivity index (χ0v) is 11.4. The molecule has 2 rings (SSSR count). The number of nitrogens with two attached hydrogens (primary N) is 1. The van der Waals surface area contributed by atoms with Crippen molar-refractivity contribution < 1.29 is 4.39 Å². The van der Waals surface area contributed by atoms with Gasteiger partial charge < -0.3 is 0 Å². The Bertz CT molecular complexity index is 560. The van der Waals surface area contributed by atoms with Crippen molar-refractivity contribution in [2.45, 2.75) is 13.0 Å². The summed E-state index contributed by atoms with van der Waals surface area (Å²) in [4.78, 5) is 3.74. The van der Waals surface area contributed by atoms with Crippen molar-refractivity contribution in [1.29, 1.82) is 0 Å². The molecule has 0 aliphatic carbocycles. The largest absolute Gasteiger partial charge is 0.271 e. The fourth-order valence-corrected chi connectivity index (χ4v) is 2.41. The molecule has 0 spiro atoms. The van der Waals surface area contributed by atoms with Crippen molar-refractivity contribution in [1.82, 2.24) is 10.4 Å². The topological polar surface area (TPSA) is 50.9 Å². The molecule has 0 aliphatic heterocycles. The Morgan fingerprint density at radius 3 is 2.72 bits per heavy atom. The smallest absolute Gasteiger partial charge is 0.146 e. The van der Waals surface area contributed by atoms with Crippen LogP contribution >= 0.6 is 15.9 Å². The van der Waals surface area contributed by atoms with Crippen LogP contribution in [0.3, 0.4) is 0 Å². The van der Waals surface area contributed by atoms with E-state index in [1.54, 1.807) is 12.3 Å². The normalized spacial score (nSPS) is 12.4. The average molecular weight is 310 g/mol. The molecule has 0 amide bonds. The zero-order chi connectivity index (χ0) is 13.1. The van der Waals surface area contributed by atoms with Crippen molar-refractivity contribution in [2.24, 2.45) is 5.84 Å². The third-order valence-electron chi connectivity index (χ3n) is 2.82. The fraction of sp³-hybridized carbons (Fsp3) is 0.154. The second-order valence-electron chi connectivity index (χ2n) is 4.00. The van der Waals surface area contributed by atoms with Crippen molar-refractivity contribution >= 4 is 15.9 Å². The van der Waals surface area contributed by atoms with Gasteiger partial charge in [0.05, 0.1) is 12.2 Å². The van der Waals surface area contributed by atoms with Crippen LogP contribution in [-0.2, 0) is 0 Å². The Labute approximate surface area is 113 Å². The van der Waals surface area contributed by atoms with E-state index in [2.05, 4.69) is 26.3 Å². The highest BCUT2D eigenvalue weighted by molar-refractivity contribution is 9.10. The summed E-state index contributed by atoms with van der Waals surface area (Å²) >= 11 is 3.40. The van der Waals surface area contributed by atoms with Crippen LogP contribution in [0.4, 0.5) is 4.39 Å². The van der Waals surface area contributed by atoms with Crippen molar-refractivity contribution in [3.8, 4) is 0 Å². The Morgan fingerprint density at radius 1 is 1.33 bits per heavy atom. The number of nitrogens with zero attached hydrogens (tertiary/aromatic N) is 1. The van der Waals surface area contributed by atoms with E-state index in [0.29, 0.717) is 5.56 Å². The first-order valence-corrected chi connectivity index (χ1v) is 6.24. The zero-order valence-electron chi connectivity index (χ0n) is 9.82. The Hall–Kier alpha value is -1.30. The number of rotatable bonds is 3. The molecule has 3 nitrogen and oxygen atoms in total. The number of aromatic nitrogens is 1. The maximum atomic E-state index is 13.8. The summed E-state index contributed by atoms with van der Waals surface area (Å²) in [6.45, 7) is 1.96. The predicted molar refractivity (Wildman–Crippen MR) is 72.2 cm³/mol. The summed E-state index contributed by atoms with van der Waals surface area (Å²) in [5.41, 5.74) is 5.10. The van der Waals surface area contributed by atoms with Crippen LogP contribution in [0.5, 0.6) is 0 Å². The molecule has 0 saturated heterocycles. The highest BCUT2D eigenvalue weighted by atomic mass is 79.9. The summed E-state index contributed by atoms with van der Waals surface area (Å²) in [5.74, 6) is 5.19. The molecule has 0 saturated carbocycles. The van der Waals surface area contributed by atoms with E-state index in [1.807, 2.05) is 25.1 Å². The molecule has 3 N–H and O–H groups in total. The molecule has 1 atom stereocenters. The van der Waals surface area contributed by atoms with Gasteiger partial charge in [-0.2, -0.15) is 0 Å². The van der Waals surface area contributed by atoms with Crippen LogP contribution in [0.15, 0.2) is 41.1 Å². The molecule has 1 heterocycles. The summed E-state index contributed by atoms with van der Waals surface area (Å²) in [5, 5.41) is 0. The molecule has 0 bridgehead atoms.